The summed E-state index contributed by atoms with van der Waals surface area (Å²) in [6.07, 6.45) is 3.30. The number of carbonyl (C=O) groups excluding carboxylic acids is 1. The number of phenolic OH excluding ortho intramolecular Hbond substituents is 1. The highest BCUT2D eigenvalue weighted by Gasteiger charge is 2.42. The molecule has 1 amide bonds. The van der Waals surface area contributed by atoms with Crippen molar-refractivity contribution in [3.05, 3.63) is 65.4 Å². The average molecular weight is 421 g/mol. The molecule has 0 unspecified atom stereocenters. The number of ether oxygens (including phenoxy) is 1. The predicted molar refractivity (Wildman–Crippen MR) is 117 cm³/mol. The van der Waals surface area contributed by atoms with Gasteiger partial charge < -0.3 is 19.8 Å². The van der Waals surface area contributed by atoms with Crippen LogP contribution in [-0.2, 0) is 0 Å². The molecule has 7 nitrogen and oxygen atoms in total. The van der Waals surface area contributed by atoms with Crippen LogP contribution in [0.25, 0.3) is 11.3 Å². The molecule has 7 heteroatoms. The molecule has 3 aromatic rings. The predicted octanol–water partition coefficient (Wildman–Crippen LogP) is 3.89. The fraction of sp³-hybridized carbons (Fsp3) is 0.333. The number of fused-ring (bicyclic) bond motifs is 1. The summed E-state index contributed by atoms with van der Waals surface area (Å²) in [6, 6.07) is 14.2. The van der Waals surface area contributed by atoms with E-state index in [0.717, 1.165) is 30.6 Å². The van der Waals surface area contributed by atoms with Crippen molar-refractivity contribution in [2.75, 3.05) is 19.8 Å². The largest absolute Gasteiger partial charge is 0.507 e. The number of aromatic hydroxyl groups is 1. The van der Waals surface area contributed by atoms with Crippen LogP contribution >= 0.6 is 0 Å². The Morgan fingerprint density at radius 2 is 1.90 bits per heavy atom. The Morgan fingerprint density at radius 3 is 2.61 bits per heavy atom. The summed E-state index contributed by atoms with van der Waals surface area (Å²) in [5.41, 5.74) is 3.07. The monoisotopic (exact) mass is 421 g/mol. The van der Waals surface area contributed by atoms with Gasteiger partial charge in [-0.05, 0) is 36.2 Å². The molecule has 0 spiro atoms. The number of nitrogens with zero attached hydrogens (tertiary/aromatic N) is 2. The number of para-hydroxylation sites is 1. The van der Waals surface area contributed by atoms with E-state index < -0.39 is 6.04 Å². The lowest BCUT2D eigenvalue weighted by molar-refractivity contribution is 0.0706. The van der Waals surface area contributed by atoms with E-state index in [2.05, 4.69) is 17.1 Å². The van der Waals surface area contributed by atoms with Gasteiger partial charge in [-0.15, -0.1) is 0 Å². The first-order valence-corrected chi connectivity index (χ1v) is 10.7. The maximum absolute atomic E-state index is 13.0. The summed E-state index contributed by atoms with van der Waals surface area (Å²) in [5, 5.41) is 27.1. The first kappa shape index (κ1) is 20.9. The number of carbonyl (C=O) groups is 1. The molecule has 31 heavy (non-hydrogen) atoms. The lowest BCUT2D eigenvalue weighted by Crippen LogP contribution is -2.32. The molecular formula is C24H27N3O4. The number of nitrogens with one attached hydrogen (secondary N) is 1. The van der Waals surface area contributed by atoms with Gasteiger partial charge in [0.2, 0.25) is 0 Å². The third kappa shape index (κ3) is 4.01. The van der Waals surface area contributed by atoms with Crippen LogP contribution in [-0.4, -0.2) is 51.0 Å². The van der Waals surface area contributed by atoms with Gasteiger partial charge in [-0.3, -0.25) is 9.89 Å². The Morgan fingerprint density at radius 1 is 1.13 bits per heavy atom. The molecule has 0 bridgehead atoms. The van der Waals surface area contributed by atoms with Crippen molar-refractivity contribution in [3.8, 4) is 22.8 Å². The van der Waals surface area contributed by atoms with Crippen molar-refractivity contribution in [2.45, 2.75) is 32.2 Å². The second-order valence-electron chi connectivity index (χ2n) is 7.63. The number of phenols is 1. The van der Waals surface area contributed by atoms with E-state index >= 15 is 0 Å². The van der Waals surface area contributed by atoms with Crippen LogP contribution in [0.3, 0.4) is 0 Å². The van der Waals surface area contributed by atoms with Gasteiger partial charge >= 0.3 is 0 Å². The van der Waals surface area contributed by atoms with Gasteiger partial charge in [-0.2, -0.15) is 5.10 Å². The SMILES string of the molecule is CCCCCOc1ccc([C@@H]2c3c(-c4ccccc4O)n[nH]c3C(=O)N2CCO)cc1. The second-order valence-corrected chi connectivity index (χ2v) is 7.63. The molecule has 0 fully saturated rings. The van der Waals surface area contributed by atoms with Crippen LogP contribution in [0.5, 0.6) is 11.5 Å². The number of aromatic nitrogens is 2. The van der Waals surface area contributed by atoms with E-state index in [1.54, 1.807) is 23.1 Å². The smallest absolute Gasteiger partial charge is 0.273 e. The normalized spacial score (nSPS) is 15.4. The number of aliphatic hydroxyl groups excluding tert-OH is 1. The van der Waals surface area contributed by atoms with Crippen molar-refractivity contribution in [2.24, 2.45) is 0 Å². The zero-order valence-corrected chi connectivity index (χ0v) is 17.5. The molecule has 0 saturated heterocycles. The number of rotatable bonds is 9. The molecule has 1 atom stereocenters. The molecule has 162 valence electrons. The quantitative estimate of drug-likeness (QED) is 0.455. The van der Waals surface area contributed by atoms with Gasteiger partial charge in [-0.25, -0.2) is 0 Å². The van der Waals surface area contributed by atoms with Gasteiger partial charge in [0.05, 0.1) is 19.3 Å². The number of H-pyrrole nitrogens is 1. The average Bonchev–Trinajstić information content (AvgIpc) is 3.32. The Bertz CT molecular complexity index is 1050. The van der Waals surface area contributed by atoms with Gasteiger partial charge in [0.25, 0.3) is 5.91 Å². The number of hydrogen-bond donors (Lipinski definition) is 3. The van der Waals surface area contributed by atoms with Gasteiger partial charge in [0.1, 0.15) is 22.9 Å². The molecular weight excluding hydrogens is 394 g/mol. The highest BCUT2D eigenvalue weighted by Crippen LogP contribution is 2.44. The molecule has 1 aromatic heterocycles. The van der Waals surface area contributed by atoms with E-state index in [1.165, 1.54) is 0 Å². The standard InChI is InChI=1S/C24H27N3O4/c1-2-3-6-15-31-17-11-9-16(10-12-17)23-20-21(18-7-4-5-8-19(18)29)25-26-22(20)24(30)27(23)13-14-28/h4-5,7-12,23,28-29H,2-3,6,13-15H2,1H3,(H,25,26)/t23-/m1/s1. The zero-order chi connectivity index (χ0) is 21.8. The lowest BCUT2D eigenvalue weighted by Gasteiger charge is -2.25. The number of aliphatic hydroxyl groups is 1. The molecule has 3 N–H and O–H groups in total. The molecule has 4 rings (SSSR count). The Labute approximate surface area is 181 Å². The molecule has 0 aliphatic carbocycles. The van der Waals surface area contributed by atoms with Crippen LogP contribution in [0.2, 0.25) is 0 Å². The molecule has 0 radical (unpaired) electrons. The Hall–Kier alpha value is -3.32. The van der Waals surface area contributed by atoms with Crippen LogP contribution in [0.4, 0.5) is 0 Å². The van der Waals surface area contributed by atoms with E-state index in [-0.39, 0.29) is 24.8 Å². The summed E-state index contributed by atoms with van der Waals surface area (Å²) in [5.74, 6) is 0.661. The minimum absolute atomic E-state index is 0.0967. The van der Waals surface area contributed by atoms with E-state index in [9.17, 15) is 15.0 Å². The number of hydrogen-bond acceptors (Lipinski definition) is 5. The van der Waals surface area contributed by atoms with Gasteiger partial charge in [-0.1, -0.05) is 44.0 Å². The minimum atomic E-state index is -0.419. The van der Waals surface area contributed by atoms with Crippen molar-refractivity contribution < 1.29 is 19.7 Å². The zero-order valence-electron chi connectivity index (χ0n) is 17.5. The fourth-order valence-electron chi connectivity index (χ4n) is 4.05. The number of aromatic amines is 1. The molecule has 2 aromatic carbocycles. The van der Waals surface area contributed by atoms with Crippen molar-refractivity contribution in [3.63, 3.8) is 0 Å². The summed E-state index contributed by atoms with van der Waals surface area (Å²) in [6.45, 7) is 2.88. The maximum atomic E-state index is 13.0. The van der Waals surface area contributed by atoms with Crippen molar-refractivity contribution in [1.29, 1.82) is 0 Å². The fourth-order valence-corrected chi connectivity index (χ4v) is 4.05. The van der Waals surface area contributed by atoms with Crippen molar-refractivity contribution in [1.82, 2.24) is 15.1 Å². The molecule has 0 saturated carbocycles. The summed E-state index contributed by atoms with van der Waals surface area (Å²) in [7, 11) is 0. The van der Waals surface area contributed by atoms with E-state index in [4.69, 9.17) is 4.74 Å². The molecule has 1 aliphatic heterocycles. The number of amides is 1. The van der Waals surface area contributed by atoms with Gasteiger partial charge in [0.15, 0.2) is 0 Å². The van der Waals surface area contributed by atoms with E-state index in [0.29, 0.717) is 29.1 Å². The van der Waals surface area contributed by atoms with Crippen molar-refractivity contribution >= 4 is 5.91 Å². The minimum Gasteiger partial charge on any atom is -0.507 e. The first-order chi connectivity index (χ1) is 15.2. The lowest BCUT2D eigenvalue weighted by atomic mass is 9.95. The molecule has 2 heterocycles. The highest BCUT2D eigenvalue weighted by atomic mass is 16.5. The Balaban J connectivity index is 1.69. The van der Waals surface area contributed by atoms with E-state index in [1.807, 2.05) is 30.3 Å². The third-order valence-corrected chi connectivity index (χ3v) is 5.58. The Kier molecular flexibility index (Phi) is 6.23. The third-order valence-electron chi connectivity index (χ3n) is 5.58. The second kappa shape index (κ2) is 9.22. The number of unbranched alkanes of at least 4 members (excludes halogenated alkanes) is 2. The summed E-state index contributed by atoms with van der Waals surface area (Å²) >= 11 is 0. The summed E-state index contributed by atoms with van der Waals surface area (Å²) in [4.78, 5) is 14.7. The topological polar surface area (TPSA) is 98.7 Å². The van der Waals surface area contributed by atoms with Crippen LogP contribution in [0, 0.1) is 0 Å². The van der Waals surface area contributed by atoms with Crippen LogP contribution < -0.4 is 4.74 Å². The summed E-state index contributed by atoms with van der Waals surface area (Å²) < 4.78 is 5.81. The first-order valence-electron chi connectivity index (χ1n) is 10.7. The van der Waals surface area contributed by atoms with Crippen LogP contribution in [0.1, 0.15) is 53.8 Å². The van der Waals surface area contributed by atoms with Gasteiger partial charge in [0, 0.05) is 17.7 Å². The van der Waals surface area contributed by atoms with Crippen LogP contribution in [0.15, 0.2) is 48.5 Å². The highest BCUT2D eigenvalue weighted by molar-refractivity contribution is 6.00. The maximum Gasteiger partial charge on any atom is 0.273 e. The number of benzene rings is 2. The molecule has 1 aliphatic rings. The number of β-amino-alcohol motifs (C(OH)–C–C–N with tert-alkyl or cyclic N) is 1.